The summed E-state index contributed by atoms with van der Waals surface area (Å²) in [4.78, 5) is 27.6. The van der Waals surface area contributed by atoms with Crippen LogP contribution in [0.15, 0.2) is 35.4 Å². The summed E-state index contributed by atoms with van der Waals surface area (Å²) < 4.78 is 1.54. The first-order valence-corrected chi connectivity index (χ1v) is 6.82. The molecule has 0 aromatic carbocycles. The van der Waals surface area contributed by atoms with Crippen LogP contribution in [-0.2, 0) is 6.54 Å². The standard InChI is InChI=1S/C14H15ClN4O2/c1-2-5-19-8-9(3-4-13(19)20)18-14(21)10-6-12(15)17-7-11(10)16/h3-4,6-8H,2,5,16H2,1H3,(H,18,21). The molecular formula is C14H15ClN4O2. The van der Waals surface area contributed by atoms with Crippen molar-refractivity contribution in [2.75, 3.05) is 11.1 Å². The van der Waals surface area contributed by atoms with E-state index in [1.165, 1.54) is 18.3 Å². The zero-order valence-corrected chi connectivity index (χ0v) is 12.2. The van der Waals surface area contributed by atoms with Crippen LogP contribution in [0.4, 0.5) is 11.4 Å². The second-order valence-electron chi connectivity index (χ2n) is 4.50. The number of carbonyl (C=O) groups is 1. The topological polar surface area (TPSA) is 90.0 Å². The Kier molecular flexibility index (Phi) is 4.59. The van der Waals surface area contributed by atoms with Crippen LogP contribution < -0.4 is 16.6 Å². The average molecular weight is 307 g/mol. The molecule has 0 aliphatic heterocycles. The second-order valence-corrected chi connectivity index (χ2v) is 4.89. The fourth-order valence-corrected chi connectivity index (χ4v) is 2.01. The van der Waals surface area contributed by atoms with Gasteiger partial charge >= 0.3 is 0 Å². The van der Waals surface area contributed by atoms with Gasteiger partial charge in [0.2, 0.25) is 0 Å². The van der Waals surface area contributed by atoms with E-state index >= 15 is 0 Å². The number of amides is 1. The first kappa shape index (κ1) is 15.1. The Balaban J connectivity index is 2.25. The van der Waals surface area contributed by atoms with Crippen LogP contribution in [0, 0.1) is 0 Å². The highest BCUT2D eigenvalue weighted by Gasteiger charge is 2.12. The number of hydrogen-bond donors (Lipinski definition) is 2. The van der Waals surface area contributed by atoms with Gasteiger partial charge in [-0.2, -0.15) is 0 Å². The lowest BCUT2D eigenvalue weighted by atomic mass is 10.2. The summed E-state index contributed by atoms with van der Waals surface area (Å²) in [6, 6.07) is 4.35. The Labute approximate surface area is 126 Å². The lowest BCUT2D eigenvalue weighted by Gasteiger charge is -2.10. The highest BCUT2D eigenvalue weighted by Crippen LogP contribution is 2.16. The lowest BCUT2D eigenvalue weighted by Crippen LogP contribution is -2.21. The first-order chi connectivity index (χ1) is 10.0. The van der Waals surface area contributed by atoms with Gasteiger partial charge in [0.15, 0.2) is 0 Å². The fourth-order valence-electron chi connectivity index (χ4n) is 1.86. The molecular weight excluding hydrogens is 292 g/mol. The monoisotopic (exact) mass is 306 g/mol. The number of hydrogen-bond acceptors (Lipinski definition) is 4. The Morgan fingerprint density at radius 2 is 2.24 bits per heavy atom. The predicted molar refractivity (Wildman–Crippen MR) is 82.6 cm³/mol. The molecule has 1 amide bonds. The number of halogens is 1. The van der Waals surface area contributed by atoms with E-state index in [0.29, 0.717) is 12.2 Å². The van der Waals surface area contributed by atoms with Crippen molar-refractivity contribution in [1.29, 1.82) is 0 Å². The van der Waals surface area contributed by atoms with Crippen LogP contribution in [-0.4, -0.2) is 15.5 Å². The van der Waals surface area contributed by atoms with Gasteiger partial charge in [0.1, 0.15) is 5.15 Å². The van der Waals surface area contributed by atoms with E-state index in [-0.39, 0.29) is 22.0 Å². The number of carbonyl (C=O) groups excluding carboxylic acids is 1. The van der Waals surface area contributed by atoms with Crippen molar-refractivity contribution >= 4 is 28.9 Å². The van der Waals surface area contributed by atoms with E-state index in [9.17, 15) is 9.59 Å². The molecule has 0 radical (unpaired) electrons. The number of pyridine rings is 2. The molecule has 0 spiro atoms. The van der Waals surface area contributed by atoms with Gasteiger partial charge in [-0.1, -0.05) is 18.5 Å². The molecule has 3 N–H and O–H groups in total. The largest absolute Gasteiger partial charge is 0.397 e. The molecule has 110 valence electrons. The third-order valence-electron chi connectivity index (χ3n) is 2.85. The smallest absolute Gasteiger partial charge is 0.257 e. The lowest BCUT2D eigenvalue weighted by molar-refractivity contribution is 0.102. The molecule has 2 aromatic heterocycles. The zero-order valence-electron chi connectivity index (χ0n) is 11.5. The minimum Gasteiger partial charge on any atom is -0.397 e. The molecule has 0 atom stereocenters. The van der Waals surface area contributed by atoms with E-state index in [1.54, 1.807) is 16.8 Å². The highest BCUT2D eigenvalue weighted by atomic mass is 35.5. The van der Waals surface area contributed by atoms with Crippen molar-refractivity contribution < 1.29 is 4.79 Å². The van der Waals surface area contributed by atoms with Crippen molar-refractivity contribution in [2.24, 2.45) is 0 Å². The number of rotatable bonds is 4. The van der Waals surface area contributed by atoms with Gasteiger partial charge in [-0.15, -0.1) is 0 Å². The van der Waals surface area contributed by atoms with Gasteiger partial charge in [-0.3, -0.25) is 9.59 Å². The number of nitrogen functional groups attached to an aromatic ring is 1. The van der Waals surface area contributed by atoms with Crippen molar-refractivity contribution in [3.05, 3.63) is 51.7 Å². The Morgan fingerprint density at radius 3 is 2.95 bits per heavy atom. The van der Waals surface area contributed by atoms with Gasteiger partial charge in [0, 0.05) is 18.8 Å². The summed E-state index contributed by atoms with van der Waals surface area (Å²) in [5.74, 6) is -0.404. The third kappa shape index (κ3) is 3.61. The molecule has 0 aliphatic rings. The highest BCUT2D eigenvalue weighted by molar-refractivity contribution is 6.30. The average Bonchev–Trinajstić information content (AvgIpc) is 2.45. The number of nitrogens with zero attached hydrogens (tertiary/aromatic N) is 2. The Morgan fingerprint density at radius 1 is 1.48 bits per heavy atom. The Bertz CT molecular complexity index is 727. The maximum Gasteiger partial charge on any atom is 0.257 e. The summed E-state index contributed by atoms with van der Waals surface area (Å²) in [6.45, 7) is 2.56. The summed E-state index contributed by atoms with van der Waals surface area (Å²) in [5, 5.41) is 2.87. The number of aryl methyl sites for hydroxylation is 1. The molecule has 0 saturated carbocycles. The van der Waals surface area contributed by atoms with Crippen molar-refractivity contribution in [3.8, 4) is 0 Å². The molecule has 0 bridgehead atoms. The van der Waals surface area contributed by atoms with Gasteiger partial charge in [0.25, 0.3) is 11.5 Å². The summed E-state index contributed by atoms with van der Waals surface area (Å²) in [6.07, 6.45) is 3.75. The van der Waals surface area contributed by atoms with Crippen molar-refractivity contribution in [3.63, 3.8) is 0 Å². The molecule has 6 nitrogen and oxygen atoms in total. The van der Waals surface area contributed by atoms with E-state index in [1.807, 2.05) is 6.92 Å². The van der Waals surface area contributed by atoms with Crippen LogP contribution in [0.25, 0.3) is 0 Å². The molecule has 0 unspecified atom stereocenters. The van der Waals surface area contributed by atoms with Crippen LogP contribution >= 0.6 is 11.6 Å². The molecule has 2 heterocycles. The van der Waals surface area contributed by atoms with Crippen molar-refractivity contribution in [1.82, 2.24) is 9.55 Å². The van der Waals surface area contributed by atoms with Gasteiger partial charge in [-0.05, 0) is 18.6 Å². The molecule has 21 heavy (non-hydrogen) atoms. The maximum absolute atomic E-state index is 12.2. The van der Waals surface area contributed by atoms with E-state index in [2.05, 4.69) is 10.3 Å². The number of aromatic nitrogens is 2. The van der Waals surface area contributed by atoms with Gasteiger partial charge in [-0.25, -0.2) is 4.98 Å². The van der Waals surface area contributed by atoms with E-state index in [0.717, 1.165) is 6.42 Å². The molecule has 0 aliphatic carbocycles. The molecule has 0 fully saturated rings. The second kappa shape index (κ2) is 6.41. The minimum atomic E-state index is -0.404. The third-order valence-corrected chi connectivity index (χ3v) is 3.06. The predicted octanol–water partition coefficient (Wildman–Crippen LogP) is 2.14. The fraction of sp³-hybridized carbons (Fsp3) is 0.214. The molecule has 2 rings (SSSR count). The number of nitrogens with one attached hydrogen (secondary N) is 1. The van der Waals surface area contributed by atoms with Crippen molar-refractivity contribution in [2.45, 2.75) is 19.9 Å². The van der Waals surface area contributed by atoms with Gasteiger partial charge < -0.3 is 15.6 Å². The summed E-state index contributed by atoms with van der Waals surface area (Å²) in [5.41, 5.74) is 6.59. The number of nitrogens with two attached hydrogens (primary N) is 1. The summed E-state index contributed by atoms with van der Waals surface area (Å²) in [7, 11) is 0. The quantitative estimate of drug-likeness (QED) is 0.847. The SMILES string of the molecule is CCCn1cc(NC(=O)c2cc(Cl)ncc2N)ccc1=O. The van der Waals surface area contributed by atoms with Gasteiger partial charge in [0.05, 0.1) is 23.1 Å². The minimum absolute atomic E-state index is 0.110. The van der Waals surface area contributed by atoms with E-state index < -0.39 is 5.91 Å². The van der Waals surface area contributed by atoms with Crippen LogP contribution in [0.3, 0.4) is 0 Å². The van der Waals surface area contributed by atoms with Crippen LogP contribution in [0.2, 0.25) is 5.15 Å². The normalized spacial score (nSPS) is 10.4. The molecule has 2 aromatic rings. The molecule has 7 heteroatoms. The first-order valence-electron chi connectivity index (χ1n) is 6.44. The van der Waals surface area contributed by atoms with E-state index in [4.69, 9.17) is 17.3 Å². The summed E-state index contributed by atoms with van der Waals surface area (Å²) >= 11 is 5.76. The molecule has 0 saturated heterocycles. The van der Waals surface area contributed by atoms with Crippen LogP contribution in [0.5, 0.6) is 0 Å². The zero-order chi connectivity index (χ0) is 15.4. The maximum atomic E-state index is 12.2. The Hall–Kier alpha value is -2.34. The van der Waals surface area contributed by atoms with Crippen LogP contribution in [0.1, 0.15) is 23.7 Å². The number of anilines is 2.